The normalized spacial score (nSPS) is 10.7. The maximum atomic E-state index is 5.67. The average molecular weight is 949 g/mol. The summed E-state index contributed by atoms with van der Waals surface area (Å²) < 4.78 is 38.3. The molecule has 0 saturated heterocycles. The lowest BCUT2D eigenvalue weighted by Gasteiger charge is -2.16. The van der Waals surface area contributed by atoms with Crippen LogP contribution in [0, 0.1) is 0 Å². The van der Waals surface area contributed by atoms with Gasteiger partial charge < -0.3 is 73.0 Å². The number of aromatic nitrogens is 2. The molecule has 6 aromatic rings. The number of para-hydroxylation sites is 2. The van der Waals surface area contributed by atoms with Gasteiger partial charge in [0, 0.05) is 74.5 Å². The average Bonchev–Trinajstić information content (AvgIpc) is 3.27. The van der Waals surface area contributed by atoms with E-state index in [0.717, 1.165) is 71.4 Å². The third-order valence-electron chi connectivity index (χ3n) is 10.9. The molecule has 0 spiro atoms. The van der Waals surface area contributed by atoms with E-state index in [1.54, 1.807) is 42.7 Å². The van der Waals surface area contributed by atoms with E-state index in [-0.39, 0.29) is 34.0 Å². The van der Waals surface area contributed by atoms with Gasteiger partial charge in [-0.05, 0) is 25.0 Å². The number of fused-ring (bicyclic) bond motifs is 2. The summed E-state index contributed by atoms with van der Waals surface area (Å²) in [7, 11) is 9.97. The Labute approximate surface area is 376 Å². The van der Waals surface area contributed by atoms with Crippen molar-refractivity contribution in [1.82, 2.24) is 0 Å². The summed E-state index contributed by atoms with van der Waals surface area (Å²) in [5.41, 5.74) is 6.51. The first kappa shape index (κ1) is 47.7. The van der Waals surface area contributed by atoms with Crippen molar-refractivity contribution >= 4 is 33.2 Å². The number of methoxy groups -OCH3 is 6. The van der Waals surface area contributed by atoms with Gasteiger partial charge in [-0.1, -0.05) is 49.9 Å². The van der Waals surface area contributed by atoms with Gasteiger partial charge >= 0.3 is 0 Å². The van der Waals surface area contributed by atoms with Crippen molar-refractivity contribution in [2.75, 3.05) is 53.3 Å². The summed E-state index contributed by atoms with van der Waals surface area (Å²) in [4.78, 5) is 0. The van der Waals surface area contributed by atoms with Gasteiger partial charge in [0.05, 0.1) is 75.9 Å². The topological polar surface area (TPSA) is 87.2 Å². The summed E-state index contributed by atoms with van der Waals surface area (Å²) in [6, 6.07) is 29.1. The second kappa shape index (κ2) is 24.3. The fourth-order valence-corrected chi connectivity index (χ4v) is 7.77. The molecule has 0 aliphatic rings. The Balaban J connectivity index is 0.00000397. The number of hydrogen-bond donors (Lipinski definition) is 2. The third-order valence-corrected chi connectivity index (χ3v) is 10.9. The quantitative estimate of drug-likeness (QED) is 0.0745. The molecular formula is C48H60Br2N4O6. The van der Waals surface area contributed by atoms with Gasteiger partial charge in [0.1, 0.15) is 47.6 Å². The molecule has 0 unspecified atom stereocenters. The van der Waals surface area contributed by atoms with Crippen LogP contribution in [0.25, 0.3) is 21.8 Å². The number of rotatable bonds is 23. The fraction of sp³-hybridized carbons (Fsp3) is 0.375. The molecule has 0 bridgehead atoms. The van der Waals surface area contributed by atoms with Gasteiger partial charge in [0.2, 0.25) is 11.0 Å². The molecule has 0 atom stereocenters. The van der Waals surface area contributed by atoms with Crippen molar-refractivity contribution in [2.24, 2.45) is 0 Å². The summed E-state index contributed by atoms with van der Waals surface area (Å²) in [5, 5.41) is 9.66. The molecule has 60 heavy (non-hydrogen) atoms. The molecule has 0 amide bonds. The van der Waals surface area contributed by atoms with E-state index in [1.165, 1.54) is 60.3 Å². The number of benzene rings is 4. The number of ether oxygens (including phenoxy) is 6. The molecule has 0 radical (unpaired) electrons. The molecule has 12 heteroatoms. The number of halogens is 2. The molecule has 2 N–H and O–H groups in total. The van der Waals surface area contributed by atoms with Crippen LogP contribution in [0.4, 0.5) is 11.4 Å². The summed E-state index contributed by atoms with van der Waals surface area (Å²) >= 11 is 0. The number of hydrogen-bond acceptors (Lipinski definition) is 8. The van der Waals surface area contributed by atoms with Crippen molar-refractivity contribution in [2.45, 2.75) is 77.5 Å². The Bertz CT molecular complexity index is 2060. The first-order valence-electron chi connectivity index (χ1n) is 20.4. The first-order chi connectivity index (χ1) is 28.5. The van der Waals surface area contributed by atoms with E-state index < -0.39 is 0 Å². The van der Waals surface area contributed by atoms with Crippen LogP contribution in [0.15, 0.2) is 97.3 Å². The van der Waals surface area contributed by atoms with E-state index in [4.69, 9.17) is 28.4 Å². The van der Waals surface area contributed by atoms with Gasteiger partial charge in [0.25, 0.3) is 0 Å². The van der Waals surface area contributed by atoms with Crippen LogP contribution >= 0.6 is 0 Å². The highest BCUT2D eigenvalue weighted by Crippen LogP contribution is 2.36. The maximum absolute atomic E-state index is 5.67. The zero-order chi connectivity index (χ0) is 40.7. The summed E-state index contributed by atoms with van der Waals surface area (Å²) in [6.45, 7) is 3.13. The standard InChI is InChI=1S/C48H58N4O6.2BrH/c1-53-35-29-45(55-3)39(46(30-35)56-4)33-49-41-23-27-51(43-21-15-13-19-37(41)43)25-17-11-9-7-8-10-12-18-26-52-28-24-42(38-20-14-16-22-44(38)52)50-34-40-47(57-5)31-36(54-2)32-48(40)58-6;;/h13-16,19-24,27-32H,7-12,17-18,25-26,33-34H2,1-6H3;2*1H. The molecule has 6 rings (SSSR count). The third kappa shape index (κ3) is 11.9. The second-order valence-corrected chi connectivity index (χ2v) is 14.4. The van der Waals surface area contributed by atoms with E-state index in [9.17, 15) is 0 Å². The Morgan fingerprint density at radius 3 is 1.08 bits per heavy atom. The molecule has 0 aliphatic heterocycles. The molecule has 0 fully saturated rings. The molecule has 4 aromatic carbocycles. The summed E-state index contributed by atoms with van der Waals surface area (Å²) in [6.07, 6.45) is 14.3. The number of aryl methyl sites for hydroxylation is 2. The monoisotopic (exact) mass is 946 g/mol. The molecule has 322 valence electrons. The van der Waals surface area contributed by atoms with Crippen molar-refractivity contribution in [3.8, 4) is 34.5 Å². The Morgan fingerprint density at radius 1 is 0.417 bits per heavy atom. The SMILES string of the molecule is COc1cc(OC)c(CNc2cc[n+](CCCCCCCCCC[n+]3ccc(NCc4c(OC)cc(OC)cc4OC)c4ccccc43)c3ccccc23)c(OC)c1.[Br-].[Br-]. The maximum Gasteiger partial charge on any atom is 0.214 e. The number of anilines is 2. The lowest BCUT2D eigenvalue weighted by Crippen LogP contribution is -3.00. The van der Waals surface area contributed by atoms with Crippen LogP contribution in [0.2, 0.25) is 0 Å². The van der Waals surface area contributed by atoms with E-state index in [0.29, 0.717) is 24.6 Å². The first-order valence-corrected chi connectivity index (χ1v) is 20.4. The minimum Gasteiger partial charge on any atom is -1.00 e. The Kier molecular flexibility index (Phi) is 19.4. The van der Waals surface area contributed by atoms with Crippen LogP contribution in [0.1, 0.15) is 62.5 Å². The van der Waals surface area contributed by atoms with Gasteiger partial charge in [0.15, 0.2) is 12.4 Å². The highest BCUT2D eigenvalue weighted by molar-refractivity contribution is 5.89. The lowest BCUT2D eigenvalue weighted by molar-refractivity contribution is -0.672. The molecule has 2 aromatic heterocycles. The minimum absolute atomic E-state index is 0. The van der Waals surface area contributed by atoms with Gasteiger partial charge in [-0.25, -0.2) is 0 Å². The van der Waals surface area contributed by atoms with Crippen molar-refractivity contribution in [3.05, 3.63) is 108 Å². The zero-order valence-electron chi connectivity index (χ0n) is 35.8. The van der Waals surface area contributed by atoms with Crippen LogP contribution in [-0.2, 0) is 26.2 Å². The predicted octanol–water partition coefficient (Wildman–Crippen LogP) is 3.67. The van der Waals surface area contributed by atoms with Crippen LogP contribution in [0.3, 0.4) is 0 Å². The number of nitrogens with zero attached hydrogens (tertiary/aromatic N) is 2. The number of nitrogens with one attached hydrogen (secondary N) is 2. The predicted molar refractivity (Wildman–Crippen MR) is 232 cm³/mol. The highest BCUT2D eigenvalue weighted by Gasteiger charge is 2.18. The largest absolute Gasteiger partial charge is 1.00 e. The van der Waals surface area contributed by atoms with Gasteiger partial charge in [-0.2, -0.15) is 9.13 Å². The number of pyridine rings is 2. The summed E-state index contributed by atoms with van der Waals surface area (Å²) in [5.74, 6) is 4.32. The van der Waals surface area contributed by atoms with Gasteiger partial charge in [-0.15, -0.1) is 0 Å². The van der Waals surface area contributed by atoms with Crippen molar-refractivity contribution < 1.29 is 71.5 Å². The molecular weight excluding hydrogens is 888 g/mol. The van der Waals surface area contributed by atoms with E-state index in [2.05, 4.69) is 92.8 Å². The second-order valence-electron chi connectivity index (χ2n) is 14.4. The minimum atomic E-state index is 0. The number of unbranched alkanes of at least 4 members (excludes halogenated alkanes) is 7. The van der Waals surface area contributed by atoms with Crippen LogP contribution in [0.5, 0.6) is 34.5 Å². The smallest absolute Gasteiger partial charge is 0.214 e. The fourth-order valence-electron chi connectivity index (χ4n) is 7.77. The Morgan fingerprint density at radius 2 is 0.750 bits per heavy atom. The van der Waals surface area contributed by atoms with E-state index in [1.807, 2.05) is 24.3 Å². The van der Waals surface area contributed by atoms with Gasteiger partial charge in [-0.3, -0.25) is 0 Å². The molecule has 0 aliphatic carbocycles. The van der Waals surface area contributed by atoms with Crippen LogP contribution in [-0.4, -0.2) is 42.7 Å². The van der Waals surface area contributed by atoms with Crippen molar-refractivity contribution in [3.63, 3.8) is 0 Å². The molecule has 0 saturated carbocycles. The van der Waals surface area contributed by atoms with Crippen LogP contribution < -0.4 is 82.2 Å². The molecule has 10 nitrogen and oxygen atoms in total. The van der Waals surface area contributed by atoms with Crippen molar-refractivity contribution in [1.29, 1.82) is 0 Å². The lowest BCUT2D eigenvalue weighted by atomic mass is 10.1. The highest BCUT2D eigenvalue weighted by atomic mass is 79.9. The molecule has 2 heterocycles. The van der Waals surface area contributed by atoms with E-state index >= 15 is 0 Å². The Hall–Kier alpha value is -4.94. The zero-order valence-corrected chi connectivity index (χ0v) is 39.0.